The summed E-state index contributed by atoms with van der Waals surface area (Å²) >= 11 is 7.19. The normalized spacial score (nSPS) is 15.7. The van der Waals surface area contributed by atoms with Gasteiger partial charge in [0.2, 0.25) is 0 Å². The molecule has 1 saturated carbocycles. The largest absolute Gasteiger partial charge is 0.360 e. The Morgan fingerprint density at radius 2 is 2.00 bits per heavy atom. The predicted molar refractivity (Wildman–Crippen MR) is 89.2 cm³/mol. The average Bonchev–Trinajstić information content (AvgIpc) is 3.07. The van der Waals surface area contributed by atoms with Gasteiger partial charge in [0.25, 0.3) is 0 Å². The Balaban J connectivity index is 1.79. The van der Waals surface area contributed by atoms with Gasteiger partial charge in [0, 0.05) is 10.9 Å². The van der Waals surface area contributed by atoms with Crippen LogP contribution in [0.4, 0.5) is 0 Å². The lowest BCUT2D eigenvalue weighted by atomic mass is 10.0. The van der Waals surface area contributed by atoms with Crippen LogP contribution < -0.4 is 10.6 Å². The molecule has 1 heterocycles. The highest BCUT2D eigenvalue weighted by molar-refractivity contribution is 7.80. The van der Waals surface area contributed by atoms with Gasteiger partial charge in [0.05, 0.1) is 6.04 Å². The van der Waals surface area contributed by atoms with E-state index in [2.05, 4.69) is 59.3 Å². The Morgan fingerprint density at radius 3 is 2.60 bits per heavy atom. The summed E-state index contributed by atoms with van der Waals surface area (Å²) in [4.78, 5) is 1.29. The molecule has 0 saturated heterocycles. The summed E-state index contributed by atoms with van der Waals surface area (Å²) in [6, 6.07) is 13.6. The molecule has 2 nitrogen and oxygen atoms in total. The highest BCUT2D eigenvalue weighted by atomic mass is 32.1. The maximum absolute atomic E-state index is 5.43. The third-order valence-electron chi connectivity index (χ3n) is 3.43. The van der Waals surface area contributed by atoms with Crippen LogP contribution in [-0.2, 0) is 0 Å². The molecule has 1 fully saturated rings. The van der Waals surface area contributed by atoms with Crippen LogP contribution in [0.25, 0.3) is 0 Å². The van der Waals surface area contributed by atoms with Crippen molar-refractivity contribution in [1.82, 2.24) is 10.6 Å². The van der Waals surface area contributed by atoms with Gasteiger partial charge >= 0.3 is 0 Å². The van der Waals surface area contributed by atoms with Crippen molar-refractivity contribution in [1.29, 1.82) is 0 Å². The van der Waals surface area contributed by atoms with E-state index in [1.165, 1.54) is 28.8 Å². The molecule has 0 amide bonds. The fourth-order valence-electron chi connectivity index (χ4n) is 2.12. The van der Waals surface area contributed by atoms with Crippen molar-refractivity contribution in [2.75, 3.05) is 0 Å². The number of hydrogen-bond acceptors (Lipinski definition) is 2. The van der Waals surface area contributed by atoms with E-state index in [1.54, 1.807) is 11.3 Å². The van der Waals surface area contributed by atoms with Crippen LogP contribution >= 0.6 is 23.6 Å². The van der Waals surface area contributed by atoms with E-state index >= 15 is 0 Å². The smallest absolute Gasteiger partial charge is 0.167 e. The van der Waals surface area contributed by atoms with Gasteiger partial charge in [0.15, 0.2) is 5.11 Å². The number of aryl methyl sites for hydroxylation is 1. The first-order chi connectivity index (χ1) is 9.72. The zero-order valence-corrected chi connectivity index (χ0v) is 13.1. The molecule has 1 aliphatic rings. The Labute approximate surface area is 129 Å². The molecule has 1 aromatic carbocycles. The topological polar surface area (TPSA) is 24.1 Å². The summed E-state index contributed by atoms with van der Waals surface area (Å²) in [5.74, 6) is 0. The van der Waals surface area contributed by atoms with Crippen molar-refractivity contribution in [2.45, 2.75) is 31.8 Å². The molecule has 0 spiro atoms. The van der Waals surface area contributed by atoms with Gasteiger partial charge in [-0.2, -0.15) is 0 Å². The Hall–Kier alpha value is -1.39. The maximum atomic E-state index is 5.43. The van der Waals surface area contributed by atoms with Gasteiger partial charge in [-0.3, -0.25) is 0 Å². The predicted octanol–water partition coefficient (Wildman–Crippen LogP) is 3.77. The number of thiophene rings is 1. The van der Waals surface area contributed by atoms with Crippen LogP contribution in [-0.4, -0.2) is 11.2 Å². The zero-order valence-electron chi connectivity index (χ0n) is 11.4. The Kier molecular flexibility index (Phi) is 4.03. The molecule has 2 aromatic rings. The number of nitrogens with one attached hydrogen (secondary N) is 2. The summed E-state index contributed by atoms with van der Waals surface area (Å²) in [7, 11) is 0. The third-order valence-corrected chi connectivity index (χ3v) is 4.60. The summed E-state index contributed by atoms with van der Waals surface area (Å²) < 4.78 is 0. The van der Waals surface area contributed by atoms with Gasteiger partial charge in [-0.15, -0.1) is 11.3 Å². The van der Waals surface area contributed by atoms with E-state index in [0.717, 1.165) is 5.11 Å². The summed E-state index contributed by atoms with van der Waals surface area (Å²) in [5, 5.41) is 9.67. The molecular weight excluding hydrogens is 284 g/mol. The summed E-state index contributed by atoms with van der Waals surface area (Å²) in [5.41, 5.74) is 2.52. The fraction of sp³-hybridized carbons (Fsp3) is 0.312. The van der Waals surface area contributed by atoms with E-state index in [-0.39, 0.29) is 6.04 Å². The first-order valence-electron chi connectivity index (χ1n) is 6.89. The summed E-state index contributed by atoms with van der Waals surface area (Å²) in [6.07, 6.45) is 2.46. The molecule has 0 aliphatic heterocycles. The first-order valence-corrected chi connectivity index (χ1v) is 8.18. The lowest BCUT2D eigenvalue weighted by Gasteiger charge is -2.20. The van der Waals surface area contributed by atoms with Crippen LogP contribution in [0, 0.1) is 6.92 Å². The van der Waals surface area contributed by atoms with Crippen LogP contribution in [0.5, 0.6) is 0 Å². The second-order valence-electron chi connectivity index (χ2n) is 5.25. The highest BCUT2D eigenvalue weighted by Gasteiger charge is 2.23. The van der Waals surface area contributed by atoms with Crippen LogP contribution in [0.15, 0.2) is 41.8 Å². The average molecular weight is 302 g/mol. The standard InChI is InChI=1S/C16H18N2S2/c1-11-4-6-12(7-5-11)15(14-3-2-10-20-14)18-16(19)17-13-8-9-13/h2-7,10,13,15H,8-9H2,1H3,(H2,17,18,19)/t15-/m1/s1. The molecule has 104 valence electrons. The molecular formula is C16H18N2S2. The van der Waals surface area contributed by atoms with Crippen LogP contribution in [0.2, 0.25) is 0 Å². The molecule has 1 aliphatic carbocycles. The quantitative estimate of drug-likeness (QED) is 0.841. The van der Waals surface area contributed by atoms with Gasteiger partial charge in [0.1, 0.15) is 0 Å². The molecule has 0 bridgehead atoms. The van der Waals surface area contributed by atoms with E-state index in [9.17, 15) is 0 Å². The number of rotatable bonds is 4. The van der Waals surface area contributed by atoms with Crippen molar-refractivity contribution in [3.63, 3.8) is 0 Å². The SMILES string of the molecule is Cc1ccc([C@@H](NC(=S)NC2CC2)c2cccs2)cc1. The van der Waals surface area contributed by atoms with E-state index in [1.807, 2.05) is 0 Å². The van der Waals surface area contributed by atoms with Gasteiger partial charge in [-0.1, -0.05) is 35.9 Å². The first kappa shape index (κ1) is 13.6. The Bertz CT molecular complexity index is 571. The molecule has 0 unspecified atom stereocenters. The lowest BCUT2D eigenvalue weighted by Crippen LogP contribution is -2.39. The van der Waals surface area contributed by atoms with Crippen LogP contribution in [0.1, 0.15) is 34.9 Å². The molecule has 2 N–H and O–H groups in total. The van der Waals surface area contributed by atoms with Gasteiger partial charge in [-0.05, 0) is 49.0 Å². The third kappa shape index (κ3) is 3.38. The van der Waals surface area contributed by atoms with Crippen molar-refractivity contribution in [3.8, 4) is 0 Å². The molecule has 0 radical (unpaired) electrons. The monoisotopic (exact) mass is 302 g/mol. The number of benzene rings is 1. The summed E-state index contributed by atoms with van der Waals surface area (Å²) in [6.45, 7) is 2.11. The molecule has 1 atom stereocenters. The molecule has 4 heteroatoms. The highest BCUT2D eigenvalue weighted by Crippen LogP contribution is 2.26. The maximum Gasteiger partial charge on any atom is 0.167 e. The second-order valence-corrected chi connectivity index (χ2v) is 6.64. The van der Waals surface area contributed by atoms with Gasteiger partial charge < -0.3 is 10.6 Å². The molecule has 20 heavy (non-hydrogen) atoms. The minimum atomic E-state index is 0.134. The van der Waals surface area contributed by atoms with Crippen molar-refractivity contribution in [2.24, 2.45) is 0 Å². The molecule has 1 aromatic heterocycles. The van der Waals surface area contributed by atoms with E-state index in [4.69, 9.17) is 12.2 Å². The van der Waals surface area contributed by atoms with E-state index < -0.39 is 0 Å². The minimum Gasteiger partial charge on any atom is -0.360 e. The van der Waals surface area contributed by atoms with E-state index in [0.29, 0.717) is 6.04 Å². The van der Waals surface area contributed by atoms with Gasteiger partial charge in [-0.25, -0.2) is 0 Å². The van der Waals surface area contributed by atoms with Crippen molar-refractivity contribution < 1.29 is 0 Å². The lowest BCUT2D eigenvalue weighted by molar-refractivity contribution is 0.746. The Morgan fingerprint density at radius 1 is 1.25 bits per heavy atom. The minimum absolute atomic E-state index is 0.134. The fourth-order valence-corrected chi connectivity index (χ4v) is 3.21. The van der Waals surface area contributed by atoms with Crippen molar-refractivity contribution in [3.05, 3.63) is 57.8 Å². The zero-order chi connectivity index (χ0) is 13.9. The molecule has 3 rings (SSSR count). The van der Waals surface area contributed by atoms with Crippen molar-refractivity contribution >= 4 is 28.7 Å². The number of thiocarbonyl (C=S) groups is 1. The van der Waals surface area contributed by atoms with Crippen LogP contribution in [0.3, 0.4) is 0 Å². The second kappa shape index (κ2) is 5.94. The number of hydrogen-bond donors (Lipinski definition) is 2.